The van der Waals surface area contributed by atoms with Gasteiger partial charge in [0.25, 0.3) is 0 Å². The van der Waals surface area contributed by atoms with E-state index in [-0.39, 0.29) is 0 Å². The van der Waals surface area contributed by atoms with Crippen LogP contribution in [0.2, 0.25) is 0 Å². The number of likely N-dealkylation sites (tertiary alicyclic amines) is 1. The summed E-state index contributed by atoms with van der Waals surface area (Å²) in [5.74, 6) is 0.954. The molecule has 4 nitrogen and oxygen atoms in total. The molecule has 1 aromatic carbocycles. The smallest absolute Gasteiger partial charge is 0.191 e. The number of nitrogens with one attached hydrogen (secondary N) is 2. The Morgan fingerprint density at radius 3 is 2.44 bits per heavy atom. The zero-order valence-electron chi connectivity index (χ0n) is 16.5. The van der Waals surface area contributed by atoms with E-state index >= 15 is 0 Å². The van der Waals surface area contributed by atoms with Crippen molar-refractivity contribution in [2.24, 2.45) is 10.4 Å². The first-order chi connectivity index (χ1) is 12.0. The Balaban J connectivity index is 1.66. The van der Waals surface area contributed by atoms with E-state index in [9.17, 15) is 0 Å². The number of hydrogen-bond donors (Lipinski definition) is 2. The third-order valence-corrected chi connectivity index (χ3v) is 4.80. The highest BCUT2D eigenvalue weighted by Crippen LogP contribution is 2.19. The van der Waals surface area contributed by atoms with Gasteiger partial charge in [0.05, 0.1) is 0 Å². The van der Waals surface area contributed by atoms with Gasteiger partial charge in [-0.2, -0.15) is 0 Å². The molecule has 1 saturated heterocycles. The Morgan fingerprint density at radius 1 is 1.16 bits per heavy atom. The maximum Gasteiger partial charge on any atom is 0.191 e. The van der Waals surface area contributed by atoms with Crippen molar-refractivity contribution >= 4 is 5.96 Å². The van der Waals surface area contributed by atoms with Gasteiger partial charge in [-0.3, -0.25) is 9.89 Å². The minimum absolute atomic E-state index is 0.407. The Labute approximate surface area is 154 Å². The fourth-order valence-electron chi connectivity index (χ4n) is 3.29. The Kier molecular flexibility index (Phi) is 7.76. The lowest BCUT2D eigenvalue weighted by Crippen LogP contribution is -2.48. The van der Waals surface area contributed by atoms with Crippen LogP contribution in [-0.2, 0) is 6.54 Å². The molecule has 0 aromatic heterocycles. The van der Waals surface area contributed by atoms with Gasteiger partial charge in [0, 0.05) is 39.3 Å². The predicted molar refractivity (Wildman–Crippen MR) is 108 cm³/mol. The molecule has 0 spiro atoms. The number of rotatable bonds is 6. The largest absolute Gasteiger partial charge is 0.356 e. The first-order valence-electron chi connectivity index (χ1n) is 9.70. The van der Waals surface area contributed by atoms with Gasteiger partial charge >= 0.3 is 0 Å². The van der Waals surface area contributed by atoms with Crippen molar-refractivity contribution in [3.8, 4) is 0 Å². The summed E-state index contributed by atoms with van der Waals surface area (Å²) in [5, 5.41) is 7.07. The molecule has 1 aliphatic rings. The zero-order valence-corrected chi connectivity index (χ0v) is 16.5. The van der Waals surface area contributed by atoms with E-state index in [2.05, 4.69) is 71.6 Å². The molecule has 0 bridgehead atoms. The first-order valence-corrected chi connectivity index (χ1v) is 9.70. The number of piperidine rings is 1. The molecule has 0 radical (unpaired) electrons. The topological polar surface area (TPSA) is 39.7 Å². The summed E-state index contributed by atoms with van der Waals surface area (Å²) in [7, 11) is 1.86. The van der Waals surface area contributed by atoms with Crippen molar-refractivity contribution < 1.29 is 0 Å². The number of hydrogen-bond acceptors (Lipinski definition) is 2. The third-order valence-electron chi connectivity index (χ3n) is 4.80. The highest BCUT2D eigenvalue weighted by molar-refractivity contribution is 5.79. The van der Waals surface area contributed by atoms with Crippen LogP contribution in [0.4, 0.5) is 0 Å². The molecule has 1 fully saturated rings. The summed E-state index contributed by atoms with van der Waals surface area (Å²) in [6.07, 6.45) is 4.76. The average Bonchev–Trinajstić information content (AvgIpc) is 2.59. The van der Waals surface area contributed by atoms with Crippen LogP contribution in [0.5, 0.6) is 0 Å². The lowest BCUT2D eigenvalue weighted by Gasteiger charge is -2.33. The van der Waals surface area contributed by atoms with Gasteiger partial charge in [-0.1, -0.05) is 51.1 Å². The second-order valence-electron chi connectivity index (χ2n) is 8.34. The molecule has 1 aromatic rings. The molecular formula is C21H36N4. The maximum absolute atomic E-state index is 4.38. The molecule has 25 heavy (non-hydrogen) atoms. The standard InChI is InChI=1S/C21H36N4/c1-21(2,3)13-8-14-23-20(22-4)24-19-11-15-25(16-12-19)17-18-9-6-5-7-10-18/h5-7,9-10,19H,8,11-17H2,1-4H3,(H2,22,23,24). The third kappa shape index (κ3) is 7.91. The molecule has 4 heteroatoms. The lowest BCUT2D eigenvalue weighted by molar-refractivity contribution is 0.198. The molecule has 1 heterocycles. The number of nitrogens with zero attached hydrogens (tertiary/aromatic N) is 2. The summed E-state index contributed by atoms with van der Waals surface area (Å²) < 4.78 is 0. The van der Waals surface area contributed by atoms with Crippen LogP contribution in [0.25, 0.3) is 0 Å². The molecular weight excluding hydrogens is 308 g/mol. The number of benzene rings is 1. The second-order valence-corrected chi connectivity index (χ2v) is 8.34. The van der Waals surface area contributed by atoms with Gasteiger partial charge < -0.3 is 10.6 Å². The Morgan fingerprint density at radius 2 is 1.84 bits per heavy atom. The maximum atomic E-state index is 4.38. The van der Waals surface area contributed by atoms with E-state index in [1.807, 2.05) is 7.05 Å². The molecule has 0 aliphatic carbocycles. The molecule has 0 saturated carbocycles. The quantitative estimate of drug-likeness (QED) is 0.470. The minimum Gasteiger partial charge on any atom is -0.356 e. The molecule has 0 atom stereocenters. The molecule has 2 N–H and O–H groups in total. The van der Waals surface area contributed by atoms with E-state index in [1.54, 1.807) is 0 Å². The fraction of sp³-hybridized carbons (Fsp3) is 0.667. The average molecular weight is 345 g/mol. The van der Waals surface area contributed by atoms with Crippen molar-refractivity contribution in [1.29, 1.82) is 0 Å². The summed E-state index contributed by atoms with van der Waals surface area (Å²) in [5.41, 5.74) is 1.81. The van der Waals surface area contributed by atoms with Crippen molar-refractivity contribution in [3.63, 3.8) is 0 Å². The van der Waals surface area contributed by atoms with Crippen molar-refractivity contribution in [1.82, 2.24) is 15.5 Å². The van der Waals surface area contributed by atoms with Crippen LogP contribution in [0.15, 0.2) is 35.3 Å². The van der Waals surface area contributed by atoms with Gasteiger partial charge in [-0.15, -0.1) is 0 Å². The minimum atomic E-state index is 0.407. The van der Waals surface area contributed by atoms with Crippen LogP contribution < -0.4 is 10.6 Å². The van der Waals surface area contributed by atoms with Gasteiger partial charge in [-0.05, 0) is 36.7 Å². The van der Waals surface area contributed by atoms with Gasteiger partial charge in [-0.25, -0.2) is 0 Å². The van der Waals surface area contributed by atoms with Crippen LogP contribution in [-0.4, -0.2) is 43.6 Å². The van der Waals surface area contributed by atoms with E-state index in [1.165, 1.54) is 31.2 Å². The molecule has 2 rings (SSSR count). The number of aliphatic imine (C=N–C) groups is 1. The van der Waals surface area contributed by atoms with Crippen molar-refractivity contribution in [2.45, 2.75) is 59.0 Å². The van der Waals surface area contributed by atoms with Crippen molar-refractivity contribution in [2.75, 3.05) is 26.7 Å². The SMILES string of the molecule is CN=C(NCCCC(C)(C)C)NC1CCN(Cc2ccccc2)CC1. The fourth-order valence-corrected chi connectivity index (χ4v) is 3.29. The summed E-state index contributed by atoms with van der Waals surface area (Å²) in [6.45, 7) is 11.2. The highest BCUT2D eigenvalue weighted by Gasteiger charge is 2.20. The monoisotopic (exact) mass is 344 g/mol. The second kappa shape index (κ2) is 9.81. The first kappa shape index (κ1) is 19.8. The van der Waals surface area contributed by atoms with Crippen LogP contribution >= 0.6 is 0 Å². The van der Waals surface area contributed by atoms with Gasteiger partial charge in [0.2, 0.25) is 0 Å². The van der Waals surface area contributed by atoms with E-state index < -0.39 is 0 Å². The van der Waals surface area contributed by atoms with E-state index in [4.69, 9.17) is 0 Å². The van der Waals surface area contributed by atoms with Crippen LogP contribution in [0, 0.1) is 5.41 Å². The van der Waals surface area contributed by atoms with Gasteiger partial charge in [0.1, 0.15) is 0 Å². The molecule has 140 valence electrons. The van der Waals surface area contributed by atoms with Crippen LogP contribution in [0.3, 0.4) is 0 Å². The summed E-state index contributed by atoms with van der Waals surface area (Å²) in [6, 6.07) is 11.3. The van der Waals surface area contributed by atoms with E-state index in [0.29, 0.717) is 11.5 Å². The van der Waals surface area contributed by atoms with Crippen LogP contribution in [0.1, 0.15) is 52.0 Å². The normalized spacial score (nSPS) is 17.5. The zero-order chi connectivity index (χ0) is 18.1. The summed E-state index contributed by atoms with van der Waals surface area (Å²) in [4.78, 5) is 6.93. The predicted octanol–water partition coefficient (Wildman–Crippen LogP) is 3.64. The summed E-state index contributed by atoms with van der Waals surface area (Å²) >= 11 is 0. The van der Waals surface area contributed by atoms with Crippen molar-refractivity contribution in [3.05, 3.63) is 35.9 Å². The molecule has 0 unspecified atom stereocenters. The van der Waals surface area contributed by atoms with Gasteiger partial charge in [0.15, 0.2) is 5.96 Å². The number of guanidine groups is 1. The Bertz CT molecular complexity index is 510. The molecule has 0 amide bonds. The lowest BCUT2D eigenvalue weighted by atomic mass is 9.91. The van der Waals surface area contributed by atoms with E-state index in [0.717, 1.165) is 32.1 Å². The molecule has 1 aliphatic heterocycles. The Hall–Kier alpha value is -1.55. The highest BCUT2D eigenvalue weighted by atomic mass is 15.2.